The Morgan fingerprint density at radius 3 is 2.43 bits per heavy atom. The first kappa shape index (κ1) is 15.9. The molecule has 2 saturated heterocycles. The maximum atomic E-state index is 3.55. The van der Waals surface area contributed by atoms with Crippen molar-refractivity contribution in [2.45, 2.75) is 43.5 Å². The zero-order valence-corrected chi connectivity index (χ0v) is 15.2. The number of halogens is 1. The van der Waals surface area contributed by atoms with Gasteiger partial charge in [-0.05, 0) is 74.8 Å². The third kappa shape index (κ3) is 4.47. The van der Waals surface area contributed by atoms with Gasteiger partial charge in [0.2, 0.25) is 0 Å². The Morgan fingerprint density at radius 2 is 1.76 bits per heavy atom. The first-order valence-electron chi connectivity index (χ1n) is 8.13. The average molecular weight is 369 g/mol. The van der Waals surface area contributed by atoms with Crippen LogP contribution >= 0.6 is 27.9 Å². The van der Waals surface area contributed by atoms with Crippen molar-refractivity contribution in [1.29, 1.82) is 0 Å². The Morgan fingerprint density at radius 1 is 1.05 bits per heavy atom. The molecule has 0 unspecified atom stereocenters. The van der Waals surface area contributed by atoms with Crippen molar-refractivity contribution in [1.82, 2.24) is 9.21 Å². The number of rotatable bonds is 3. The van der Waals surface area contributed by atoms with E-state index in [1.807, 2.05) is 11.9 Å². The zero-order valence-electron chi connectivity index (χ0n) is 12.8. The minimum absolute atomic E-state index is 0.830. The molecule has 2 aliphatic heterocycles. The summed E-state index contributed by atoms with van der Waals surface area (Å²) in [5.74, 6) is 0.938. The summed E-state index contributed by atoms with van der Waals surface area (Å²) in [6.45, 7) is 7.48. The summed E-state index contributed by atoms with van der Waals surface area (Å²) in [5.41, 5.74) is 0. The van der Waals surface area contributed by atoms with Crippen LogP contribution in [0.15, 0.2) is 33.6 Å². The van der Waals surface area contributed by atoms with Crippen molar-refractivity contribution in [3.63, 3.8) is 0 Å². The molecule has 0 radical (unpaired) electrons. The minimum atomic E-state index is 0.830. The molecule has 0 amide bonds. The average Bonchev–Trinajstić information content (AvgIpc) is 2.49. The molecule has 116 valence electrons. The molecule has 1 aromatic carbocycles. The fourth-order valence-corrected chi connectivity index (χ4v) is 4.93. The molecule has 0 atom stereocenters. The highest BCUT2D eigenvalue weighted by atomic mass is 79.9. The van der Waals surface area contributed by atoms with Crippen LogP contribution in [-0.2, 0) is 0 Å². The van der Waals surface area contributed by atoms with Gasteiger partial charge in [0.15, 0.2) is 0 Å². The molecule has 0 spiro atoms. The largest absolute Gasteiger partial charge is 0.300 e. The molecule has 4 heteroatoms. The van der Waals surface area contributed by atoms with Crippen molar-refractivity contribution in [2.75, 3.05) is 26.2 Å². The highest BCUT2D eigenvalue weighted by Crippen LogP contribution is 2.30. The Balaban J connectivity index is 1.47. The first-order valence-corrected chi connectivity index (χ1v) is 9.70. The lowest BCUT2D eigenvalue weighted by Crippen LogP contribution is -2.46. The molecule has 2 fully saturated rings. The Hall–Kier alpha value is -0.0300. The van der Waals surface area contributed by atoms with Crippen molar-refractivity contribution < 1.29 is 0 Å². The third-order valence-corrected chi connectivity index (χ3v) is 6.37. The summed E-state index contributed by atoms with van der Waals surface area (Å²) in [4.78, 5) is 4.09. The number of nitrogens with zero attached hydrogens (tertiary/aromatic N) is 2. The third-order valence-electron chi connectivity index (χ3n) is 4.79. The smallest absolute Gasteiger partial charge is 0.0241 e. The summed E-state index contributed by atoms with van der Waals surface area (Å²) in [7, 11) is 0. The second kappa shape index (κ2) is 7.49. The van der Waals surface area contributed by atoms with E-state index in [-0.39, 0.29) is 0 Å². The van der Waals surface area contributed by atoms with E-state index < -0.39 is 0 Å². The maximum Gasteiger partial charge on any atom is 0.0241 e. The minimum Gasteiger partial charge on any atom is -0.300 e. The number of piperidine rings is 2. The number of hydrogen-bond acceptors (Lipinski definition) is 3. The molecule has 2 nitrogen and oxygen atoms in total. The molecule has 0 aliphatic carbocycles. The lowest BCUT2D eigenvalue weighted by molar-refractivity contribution is 0.103. The van der Waals surface area contributed by atoms with Crippen LogP contribution in [0.3, 0.4) is 0 Å². The van der Waals surface area contributed by atoms with Gasteiger partial charge in [-0.15, -0.1) is 0 Å². The summed E-state index contributed by atoms with van der Waals surface area (Å²) in [5, 5.41) is 0. The van der Waals surface area contributed by atoms with Crippen molar-refractivity contribution in [2.24, 2.45) is 5.92 Å². The molecule has 3 rings (SSSR count). The van der Waals surface area contributed by atoms with E-state index in [0.29, 0.717) is 0 Å². The van der Waals surface area contributed by atoms with Gasteiger partial charge in [-0.2, -0.15) is 0 Å². The molecule has 0 saturated carbocycles. The Labute approximate surface area is 141 Å². The molecule has 2 heterocycles. The van der Waals surface area contributed by atoms with Crippen molar-refractivity contribution in [3.05, 3.63) is 28.7 Å². The van der Waals surface area contributed by atoms with Crippen LogP contribution in [0.5, 0.6) is 0 Å². The second-order valence-corrected chi connectivity index (χ2v) is 8.51. The molecule has 0 bridgehead atoms. The molecule has 21 heavy (non-hydrogen) atoms. The molecule has 1 aromatic rings. The Bertz CT molecular complexity index is 452. The van der Waals surface area contributed by atoms with Gasteiger partial charge in [-0.1, -0.05) is 28.9 Å². The van der Waals surface area contributed by atoms with Crippen LogP contribution in [0.4, 0.5) is 0 Å². The van der Waals surface area contributed by atoms with Gasteiger partial charge in [0.25, 0.3) is 0 Å². The topological polar surface area (TPSA) is 6.48 Å². The zero-order chi connectivity index (χ0) is 14.7. The molecule has 2 aliphatic rings. The molecule has 0 aromatic heterocycles. The van der Waals surface area contributed by atoms with E-state index in [9.17, 15) is 0 Å². The summed E-state index contributed by atoms with van der Waals surface area (Å²) in [6.07, 6.45) is 5.45. The predicted octanol–water partition coefficient (Wildman–Crippen LogP) is 4.65. The van der Waals surface area contributed by atoms with Crippen LogP contribution in [-0.4, -0.2) is 41.4 Å². The number of hydrogen-bond donors (Lipinski definition) is 0. The van der Waals surface area contributed by atoms with Crippen LogP contribution in [0.1, 0.15) is 32.6 Å². The van der Waals surface area contributed by atoms with Gasteiger partial charge in [-0.3, -0.25) is 0 Å². The lowest BCUT2D eigenvalue weighted by atomic mass is 9.95. The fourth-order valence-electron chi connectivity index (χ4n) is 3.37. The number of likely N-dealkylation sites (tertiary alicyclic amines) is 1. The fraction of sp³-hybridized carbons (Fsp3) is 0.647. The predicted molar refractivity (Wildman–Crippen MR) is 94.6 cm³/mol. The van der Waals surface area contributed by atoms with Crippen LogP contribution in [0.2, 0.25) is 0 Å². The van der Waals surface area contributed by atoms with E-state index in [4.69, 9.17) is 0 Å². The Kier molecular flexibility index (Phi) is 5.66. The second-order valence-electron chi connectivity index (χ2n) is 6.43. The summed E-state index contributed by atoms with van der Waals surface area (Å²) in [6, 6.07) is 9.45. The van der Waals surface area contributed by atoms with Gasteiger partial charge in [0.05, 0.1) is 0 Å². The van der Waals surface area contributed by atoms with Gasteiger partial charge in [-0.25, -0.2) is 4.31 Å². The van der Waals surface area contributed by atoms with E-state index in [1.165, 1.54) is 61.2 Å². The van der Waals surface area contributed by atoms with E-state index in [1.54, 1.807) is 0 Å². The summed E-state index contributed by atoms with van der Waals surface area (Å²) >= 11 is 5.47. The number of benzene rings is 1. The highest BCUT2D eigenvalue weighted by Gasteiger charge is 2.27. The van der Waals surface area contributed by atoms with Gasteiger partial charge in [0, 0.05) is 28.5 Å². The van der Waals surface area contributed by atoms with Gasteiger partial charge < -0.3 is 4.90 Å². The molecular formula is C17H25BrN2S. The van der Waals surface area contributed by atoms with E-state index in [0.717, 1.165) is 12.0 Å². The molecular weight excluding hydrogens is 344 g/mol. The van der Waals surface area contributed by atoms with E-state index in [2.05, 4.69) is 56.3 Å². The van der Waals surface area contributed by atoms with Crippen LogP contribution < -0.4 is 0 Å². The quantitative estimate of drug-likeness (QED) is 0.716. The van der Waals surface area contributed by atoms with Crippen LogP contribution in [0, 0.1) is 5.92 Å². The van der Waals surface area contributed by atoms with Crippen molar-refractivity contribution >= 4 is 27.9 Å². The summed E-state index contributed by atoms with van der Waals surface area (Å²) < 4.78 is 3.70. The molecule has 0 N–H and O–H groups in total. The van der Waals surface area contributed by atoms with Crippen molar-refractivity contribution in [3.8, 4) is 0 Å². The SMILES string of the molecule is CC1CCN(C2CCN(Sc3cccc(Br)c3)CC2)CC1. The first-order chi connectivity index (χ1) is 10.2. The monoisotopic (exact) mass is 368 g/mol. The standard InChI is InChI=1S/C17H25BrN2S/c1-14-5-9-19(10-6-14)16-7-11-20(12-8-16)21-17-4-2-3-15(18)13-17/h2-4,13-14,16H,5-12H2,1H3. The van der Waals surface area contributed by atoms with E-state index >= 15 is 0 Å². The maximum absolute atomic E-state index is 3.55. The van der Waals surface area contributed by atoms with Gasteiger partial charge >= 0.3 is 0 Å². The highest BCUT2D eigenvalue weighted by molar-refractivity contribution is 9.10. The van der Waals surface area contributed by atoms with Gasteiger partial charge in [0.1, 0.15) is 0 Å². The van der Waals surface area contributed by atoms with Crippen LogP contribution in [0.25, 0.3) is 0 Å². The lowest BCUT2D eigenvalue weighted by Gasteiger charge is -2.41. The normalized spacial score (nSPS) is 23.5.